The molecule has 3 rings (SSSR count). The molecular weight excluding hydrogens is 280 g/mol. The van der Waals surface area contributed by atoms with Gasteiger partial charge in [0.25, 0.3) is 0 Å². The molecule has 0 aliphatic heterocycles. The van der Waals surface area contributed by atoms with Crippen molar-refractivity contribution in [3.8, 4) is 0 Å². The summed E-state index contributed by atoms with van der Waals surface area (Å²) in [7, 11) is 0. The molecule has 0 saturated heterocycles. The molecule has 0 aromatic carbocycles. The van der Waals surface area contributed by atoms with Gasteiger partial charge in [-0.05, 0) is 11.6 Å². The summed E-state index contributed by atoms with van der Waals surface area (Å²) < 4.78 is 0. The van der Waals surface area contributed by atoms with Gasteiger partial charge in [-0.3, -0.25) is 10.4 Å². The number of nitrogens with zero attached hydrogens (tertiary/aromatic N) is 5. The number of aromatic amines is 1. The van der Waals surface area contributed by atoms with E-state index < -0.39 is 0 Å². The van der Waals surface area contributed by atoms with E-state index in [1.807, 2.05) is 23.2 Å². The largest absolute Gasteiger partial charge is 0.388 e. The molecule has 0 bridgehead atoms. The molecule has 0 atom stereocenters. The lowest BCUT2D eigenvalue weighted by atomic mass is 10.2. The molecule has 112 valence electrons. The van der Waals surface area contributed by atoms with Gasteiger partial charge >= 0.3 is 0 Å². The number of imidazole rings is 1. The van der Waals surface area contributed by atoms with E-state index in [4.69, 9.17) is 11.1 Å². The molecule has 8 nitrogen and oxygen atoms in total. The maximum absolute atomic E-state index is 7.45. The van der Waals surface area contributed by atoms with Crippen molar-refractivity contribution in [1.82, 2.24) is 24.9 Å². The molecule has 22 heavy (non-hydrogen) atoms. The maximum Gasteiger partial charge on any atom is 0.182 e. The van der Waals surface area contributed by atoms with Crippen LogP contribution in [0, 0.1) is 5.41 Å². The summed E-state index contributed by atoms with van der Waals surface area (Å²) in [4.78, 5) is 21.9. The van der Waals surface area contributed by atoms with Crippen LogP contribution in [-0.4, -0.2) is 37.3 Å². The number of pyridine rings is 1. The van der Waals surface area contributed by atoms with Crippen molar-refractivity contribution in [1.29, 1.82) is 5.41 Å². The zero-order valence-electron chi connectivity index (χ0n) is 11.9. The van der Waals surface area contributed by atoms with Gasteiger partial charge in [-0.25, -0.2) is 15.0 Å². The lowest BCUT2D eigenvalue weighted by Gasteiger charge is -2.23. The highest BCUT2D eigenvalue weighted by molar-refractivity contribution is 5.83. The summed E-state index contributed by atoms with van der Waals surface area (Å²) in [6.45, 7) is 1.20. The van der Waals surface area contributed by atoms with Gasteiger partial charge in [0.1, 0.15) is 11.8 Å². The fourth-order valence-corrected chi connectivity index (χ4v) is 2.22. The Hall–Kier alpha value is -3.03. The number of hydrogen-bond donors (Lipinski definition) is 3. The number of nitrogens with one attached hydrogen (secondary N) is 2. The van der Waals surface area contributed by atoms with Crippen LogP contribution in [0.4, 0.5) is 5.82 Å². The van der Waals surface area contributed by atoms with E-state index in [-0.39, 0.29) is 5.84 Å². The van der Waals surface area contributed by atoms with Crippen molar-refractivity contribution >= 4 is 22.8 Å². The van der Waals surface area contributed by atoms with Gasteiger partial charge in [0, 0.05) is 31.9 Å². The average molecular weight is 296 g/mol. The van der Waals surface area contributed by atoms with Gasteiger partial charge in [-0.2, -0.15) is 0 Å². The Balaban J connectivity index is 1.93. The predicted octanol–water partition coefficient (Wildman–Crippen LogP) is 1.08. The Morgan fingerprint density at radius 1 is 1.32 bits per heavy atom. The van der Waals surface area contributed by atoms with Crippen molar-refractivity contribution in [2.75, 3.05) is 11.4 Å². The minimum atomic E-state index is 0.145. The third-order valence-electron chi connectivity index (χ3n) is 3.25. The molecule has 3 heterocycles. The van der Waals surface area contributed by atoms with Gasteiger partial charge < -0.3 is 15.6 Å². The molecule has 4 N–H and O–H groups in total. The monoisotopic (exact) mass is 296 g/mol. The number of aromatic nitrogens is 5. The van der Waals surface area contributed by atoms with Crippen LogP contribution in [0.1, 0.15) is 12.0 Å². The number of anilines is 1. The highest BCUT2D eigenvalue weighted by atomic mass is 15.2. The third-order valence-corrected chi connectivity index (χ3v) is 3.25. The lowest BCUT2D eigenvalue weighted by molar-refractivity contribution is 0.785. The van der Waals surface area contributed by atoms with E-state index in [0.29, 0.717) is 25.2 Å². The van der Waals surface area contributed by atoms with Gasteiger partial charge in [-0.15, -0.1) is 0 Å². The topological polar surface area (TPSA) is 120 Å². The van der Waals surface area contributed by atoms with Crippen LogP contribution in [-0.2, 0) is 6.54 Å². The standard InChI is InChI=1S/C14H16N8/c15-11(16)3-5-22(7-10-2-1-4-17-6-10)14-12-13(19-8-18-12)20-9-21-14/h1-2,4,6,8-9H,3,5,7H2,(H3,15,16)(H,18,19,20,21). The second-order valence-electron chi connectivity index (χ2n) is 4.86. The molecule has 0 amide bonds. The van der Waals surface area contributed by atoms with E-state index in [2.05, 4.69) is 24.9 Å². The minimum absolute atomic E-state index is 0.145. The smallest absolute Gasteiger partial charge is 0.182 e. The van der Waals surface area contributed by atoms with Gasteiger partial charge in [0.05, 0.1) is 12.2 Å². The Kier molecular flexibility index (Phi) is 3.90. The van der Waals surface area contributed by atoms with E-state index in [1.165, 1.54) is 6.33 Å². The molecule has 8 heteroatoms. The molecule has 0 fully saturated rings. The van der Waals surface area contributed by atoms with Crippen LogP contribution in [0.2, 0.25) is 0 Å². The van der Waals surface area contributed by atoms with Crippen molar-refractivity contribution in [3.63, 3.8) is 0 Å². The van der Waals surface area contributed by atoms with Crippen molar-refractivity contribution in [2.24, 2.45) is 5.73 Å². The number of amidine groups is 1. The number of H-pyrrole nitrogens is 1. The van der Waals surface area contributed by atoms with Crippen LogP contribution in [0.5, 0.6) is 0 Å². The highest BCUT2D eigenvalue weighted by Crippen LogP contribution is 2.21. The van der Waals surface area contributed by atoms with Crippen LogP contribution >= 0.6 is 0 Å². The first-order chi connectivity index (χ1) is 10.7. The van der Waals surface area contributed by atoms with E-state index in [9.17, 15) is 0 Å². The molecule has 0 aliphatic rings. The summed E-state index contributed by atoms with van der Waals surface area (Å²) in [5, 5.41) is 7.45. The molecular formula is C14H16N8. The lowest BCUT2D eigenvalue weighted by Crippen LogP contribution is -2.28. The number of hydrogen-bond acceptors (Lipinski definition) is 6. The Morgan fingerprint density at radius 2 is 2.23 bits per heavy atom. The molecule has 0 saturated carbocycles. The first kappa shape index (κ1) is 13.9. The van der Waals surface area contributed by atoms with E-state index in [1.54, 1.807) is 12.5 Å². The first-order valence-corrected chi connectivity index (χ1v) is 6.85. The van der Waals surface area contributed by atoms with Crippen molar-refractivity contribution in [2.45, 2.75) is 13.0 Å². The summed E-state index contributed by atoms with van der Waals surface area (Å²) in [6.07, 6.45) is 7.09. The number of rotatable bonds is 6. The fourth-order valence-electron chi connectivity index (χ4n) is 2.22. The van der Waals surface area contributed by atoms with Crippen LogP contribution in [0.15, 0.2) is 37.2 Å². The van der Waals surface area contributed by atoms with Crippen LogP contribution < -0.4 is 10.6 Å². The number of nitrogens with two attached hydrogens (primary N) is 1. The Labute approximate surface area is 127 Å². The average Bonchev–Trinajstić information content (AvgIpc) is 3.01. The van der Waals surface area contributed by atoms with Crippen molar-refractivity contribution in [3.05, 3.63) is 42.7 Å². The third kappa shape index (κ3) is 3.00. The zero-order chi connectivity index (χ0) is 15.4. The molecule has 3 aromatic heterocycles. The van der Waals surface area contributed by atoms with Gasteiger partial charge in [-0.1, -0.05) is 6.07 Å². The summed E-state index contributed by atoms with van der Waals surface area (Å²) >= 11 is 0. The zero-order valence-corrected chi connectivity index (χ0v) is 11.9. The summed E-state index contributed by atoms with van der Waals surface area (Å²) in [6, 6.07) is 3.89. The van der Waals surface area contributed by atoms with Gasteiger partial charge in [0.15, 0.2) is 11.5 Å². The fraction of sp³-hybridized carbons (Fsp3) is 0.214. The predicted molar refractivity (Wildman–Crippen MR) is 83.5 cm³/mol. The summed E-state index contributed by atoms with van der Waals surface area (Å²) in [5.41, 5.74) is 7.94. The summed E-state index contributed by atoms with van der Waals surface area (Å²) in [5.74, 6) is 0.888. The molecule has 0 aliphatic carbocycles. The highest BCUT2D eigenvalue weighted by Gasteiger charge is 2.15. The molecule has 0 spiro atoms. The van der Waals surface area contributed by atoms with Crippen LogP contribution in [0.25, 0.3) is 11.2 Å². The SMILES string of the molecule is N=C(N)CCN(Cc1cccnc1)c1ncnc2nc[nH]c12. The van der Waals surface area contributed by atoms with E-state index >= 15 is 0 Å². The number of fused-ring (bicyclic) bond motifs is 1. The van der Waals surface area contributed by atoms with E-state index in [0.717, 1.165) is 16.9 Å². The van der Waals surface area contributed by atoms with Crippen molar-refractivity contribution < 1.29 is 0 Å². The second-order valence-corrected chi connectivity index (χ2v) is 4.86. The second kappa shape index (κ2) is 6.17. The normalized spacial score (nSPS) is 10.7. The minimum Gasteiger partial charge on any atom is -0.388 e. The molecule has 3 aromatic rings. The molecule has 0 unspecified atom stereocenters. The van der Waals surface area contributed by atoms with Gasteiger partial charge in [0.2, 0.25) is 0 Å². The Morgan fingerprint density at radius 3 is 3.00 bits per heavy atom. The first-order valence-electron chi connectivity index (χ1n) is 6.85. The Bertz CT molecular complexity index is 767. The quantitative estimate of drug-likeness (QED) is 0.462. The van der Waals surface area contributed by atoms with Crippen LogP contribution in [0.3, 0.4) is 0 Å². The molecule has 0 radical (unpaired) electrons. The maximum atomic E-state index is 7.45.